The maximum absolute atomic E-state index is 12.8. The predicted molar refractivity (Wildman–Crippen MR) is 89.0 cm³/mol. The van der Waals surface area contributed by atoms with Crippen molar-refractivity contribution in [1.82, 2.24) is 9.80 Å². The number of thioether (sulfide) groups is 1. The van der Waals surface area contributed by atoms with Crippen LogP contribution in [-0.2, 0) is 14.4 Å². The van der Waals surface area contributed by atoms with Crippen LogP contribution in [0.25, 0.3) is 0 Å². The first kappa shape index (κ1) is 18.1. The van der Waals surface area contributed by atoms with Gasteiger partial charge in [-0.05, 0) is 18.3 Å². The number of carboxylic acid groups (broad SMARTS) is 1. The molecule has 2 aliphatic heterocycles. The van der Waals surface area contributed by atoms with E-state index in [4.69, 9.17) is 5.11 Å². The summed E-state index contributed by atoms with van der Waals surface area (Å²) in [6.45, 7) is 6.87. The van der Waals surface area contributed by atoms with Gasteiger partial charge in [0.25, 0.3) is 0 Å². The molecule has 6 nitrogen and oxygen atoms in total. The van der Waals surface area contributed by atoms with Crippen molar-refractivity contribution in [2.45, 2.75) is 46.1 Å². The van der Waals surface area contributed by atoms with Crippen LogP contribution in [0.15, 0.2) is 0 Å². The second-order valence-corrected chi connectivity index (χ2v) is 8.58. The molecular weight excluding hydrogens is 316 g/mol. The van der Waals surface area contributed by atoms with Gasteiger partial charge in [0.2, 0.25) is 11.8 Å². The van der Waals surface area contributed by atoms with Crippen molar-refractivity contribution in [1.29, 1.82) is 0 Å². The van der Waals surface area contributed by atoms with E-state index in [0.717, 1.165) is 0 Å². The quantitative estimate of drug-likeness (QED) is 0.844. The Labute approximate surface area is 141 Å². The van der Waals surface area contributed by atoms with E-state index in [0.29, 0.717) is 37.4 Å². The monoisotopic (exact) mass is 342 g/mol. The molecule has 0 aromatic heterocycles. The SMILES string of the molecule is CC(C)(C)CC(=O)N1CSCC1C(=O)N1CCC[C@H](C(=O)O)C1. The summed E-state index contributed by atoms with van der Waals surface area (Å²) in [5, 5.41) is 9.16. The maximum atomic E-state index is 12.8. The second-order valence-electron chi connectivity index (χ2n) is 7.58. The Kier molecular flexibility index (Phi) is 5.60. The van der Waals surface area contributed by atoms with E-state index in [1.807, 2.05) is 20.8 Å². The molecule has 2 heterocycles. The van der Waals surface area contributed by atoms with E-state index in [-0.39, 0.29) is 23.8 Å². The topological polar surface area (TPSA) is 77.9 Å². The second kappa shape index (κ2) is 7.11. The molecule has 2 saturated heterocycles. The van der Waals surface area contributed by atoms with Crippen LogP contribution in [-0.4, -0.2) is 63.5 Å². The summed E-state index contributed by atoms with van der Waals surface area (Å²) in [6, 6.07) is -0.442. The number of aliphatic carboxylic acids is 1. The van der Waals surface area contributed by atoms with Crippen molar-refractivity contribution in [3.05, 3.63) is 0 Å². The fraction of sp³-hybridized carbons (Fsp3) is 0.812. The minimum atomic E-state index is -0.844. The van der Waals surface area contributed by atoms with Gasteiger partial charge in [0, 0.05) is 25.3 Å². The van der Waals surface area contributed by atoms with Crippen LogP contribution >= 0.6 is 11.8 Å². The smallest absolute Gasteiger partial charge is 0.308 e. The van der Waals surface area contributed by atoms with Crippen molar-refractivity contribution < 1.29 is 19.5 Å². The van der Waals surface area contributed by atoms with E-state index >= 15 is 0 Å². The summed E-state index contributed by atoms with van der Waals surface area (Å²) in [5.74, 6) is -0.273. The summed E-state index contributed by atoms with van der Waals surface area (Å²) in [6.07, 6.45) is 1.73. The number of piperidine rings is 1. The number of hydrogen-bond donors (Lipinski definition) is 1. The number of hydrogen-bond acceptors (Lipinski definition) is 4. The van der Waals surface area contributed by atoms with Crippen LogP contribution in [0.5, 0.6) is 0 Å². The number of nitrogens with zero attached hydrogens (tertiary/aromatic N) is 2. The van der Waals surface area contributed by atoms with Gasteiger partial charge >= 0.3 is 5.97 Å². The Bertz CT molecular complexity index is 489. The van der Waals surface area contributed by atoms with Gasteiger partial charge in [0.1, 0.15) is 6.04 Å². The molecule has 2 atom stereocenters. The highest BCUT2D eigenvalue weighted by Gasteiger charge is 2.39. The lowest BCUT2D eigenvalue weighted by atomic mass is 9.91. The zero-order chi connectivity index (χ0) is 17.2. The average molecular weight is 342 g/mol. The molecule has 0 aliphatic carbocycles. The normalized spacial score (nSPS) is 25.5. The molecule has 0 aromatic rings. The summed E-state index contributed by atoms with van der Waals surface area (Å²) >= 11 is 1.59. The highest BCUT2D eigenvalue weighted by molar-refractivity contribution is 7.99. The molecule has 130 valence electrons. The van der Waals surface area contributed by atoms with Gasteiger partial charge < -0.3 is 14.9 Å². The van der Waals surface area contributed by atoms with E-state index in [2.05, 4.69) is 0 Å². The molecule has 1 unspecified atom stereocenters. The minimum Gasteiger partial charge on any atom is -0.481 e. The third-order valence-electron chi connectivity index (χ3n) is 4.25. The van der Waals surface area contributed by atoms with Crippen LogP contribution in [0.1, 0.15) is 40.0 Å². The molecule has 0 aromatic carbocycles. The third kappa shape index (κ3) is 4.62. The Morgan fingerprint density at radius 2 is 1.96 bits per heavy atom. The molecular formula is C16H26N2O4S. The van der Waals surface area contributed by atoms with Gasteiger partial charge in [0.15, 0.2) is 0 Å². The zero-order valence-corrected chi connectivity index (χ0v) is 14.9. The van der Waals surface area contributed by atoms with Crippen molar-refractivity contribution in [2.24, 2.45) is 11.3 Å². The van der Waals surface area contributed by atoms with Crippen molar-refractivity contribution in [3.8, 4) is 0 Å². The number of amides is 2. The van der Waals surface area contributed by atoms with E-state index in [1.54, 1.807) is 21.6 Å². The lowest BCUT2D eigenvalue weighted by Crippen LogP contribution is -2.52. The predicted octanol–water partition coefficient (Wildman–Crippen LogP) is 1.65. The first-order valence-electron chi connectivity index (χ1n) is 8.08. The summed E-state index contributed by atoms with van der Waals surface area (Å²) in [5.41, 5.74) is -0.114. The fourth-order valence-corrected chi connectivity index (χ4v) is 4.21. The van der Waals surface area contributed by atoms with Crippen molar-refractivity contribution in [3.63, 3.8) is 0 Å². The molecule has 2 amide bonds. The van der Waals surface area contributed by atoms with Crippen LogP contribution in [0.4, 0.5) is 0 Å². The summed E-state index contributed by atoms with van der Waals surface area (Å²) in [4.78, 5) is 39.7. The first-order chi connectivity index (χ1) is 10.7. The Morgan fingerprint density at radius 1 is 1.26 bits per heavy atom. The zero-order valence-electron chi connectivity index (χ0n) is 14.1. The largest absolute Gasteiger partial charge is 0.481 e. The van der Waals surface area contributed by atoms with Crippen LogP contribution in [0, 0.1) is 11.3 Å². The number of carbonyl (C=O) groups is 3. The maximum Gasteiger partial charge on any atom is 0.308 e. The van der Waals surface area contributed by atoms with E-state index in [1.165, 1.54) is 0 Å². The molecule has 0 saturated carbocycles. The van der Waals surface area contributed by atoms with E-state index in [9.17, 15) is 14.4 Å². The van der Waals surface area contributed by atoms with Gasteiger partial charge in [-0.1, -0.05) is 20.8 Å². The molecule has 23 heavy (non-hydrogen) atoms. The third-order valence-corrected chi connectivity index (χ3v) is 5.26. The molecule has 0 bridgehead atoms. The summed E-state index contributed by atoms with van der Waals surface area (Å²) in [7, 11) is 0. The highest BCUT2D eigenvalue weighted by Crippen LogP contribution is 2.28. The lowest BCUT2D eigenvalue weighted by Gasteiger charge is -2.35. The molecule has 2 fully saturated rings. The molecule has 1 N–H and O–H groups in total. The van der Waals surface area contributed by atoms with Gasteiger partial charge in [-0.2, -0.15) is 0 Å². The van der Waals surface area contributed by atoms with Crippen molar-refractivity contribution >= 4 is 29.5 Å². The Morgan fingerprint density at radius 3 is 2.57 bits per heavy atom. The van der Waals surface area contributed by atoms with Crippen molar-refractivity contribution in [2.75, 3.05) is 24.7 Å². The van der Waals surface area contributed by atoms with Gasteiger partial charge in [-0.15, -0.1) is 11.8 Å². The first-order valence-corrected chi connectivity index (χ1v) is 9.23. The Balaban J connectivity index is 2.02. The molecule has 2 aliphatic rings. The lowest BCUT2D eigenvalue weighted by molar-refractivity contribution is -0.149. The average Bonchev–Trinajstić information content (AvgIpc) is 2.94. The van der Waals surface area contributed by atoms with Crippen LogP contribution in [0.3, 0.4) is 0 Å². The molecule has 2 rings (SSSR count). The number of likely N-dealkylation sites (tertiary alicyclic amines) is 1. The molecule has 0 radical (unpaired) electrons. The van der Waals surface area contributed by atoms with Gasteiger partial charge in [-0.25, -0.2) is 0 Å². The Hall–Kier alpha value is -1.24. The highest BCUT2D eigenvalue weighted by atomic mass is 32.2. The fourth-order valence-electron chi connectivity index (χ4n) is 3.04. The van der Waals surface area contributed by atoms with Gasteiger partial charge in [0.05, 0.1) is 11.8 Å². The number of rotatable bonds is 3. The van der Waals surface area contributed by atoms with Crippen LogP contribution < -0.4 is 0 Å². The standard InChI is InChI=1S/C16H26N2O4S/c1-16(2,3)7-13(19)18-10-23-9-12(18)14(20)17-6-4-5-11(8-17)15(21)22/h11-12H,4-10H2,1-3H3,(H,21,22)/t11-,12?/m0/s1. The van der Waals surface area contributed by atoms with Crippen LogP contribution in [0.2, 0.25) is 0 Å². The summed E-state index contributed by atoms with van der Waals surface area (Å²) < 4.78 is 0. The molecule has 7 heteroatoms. The van der Waals surface area contributed by atoms with E-state index < -0.39 is 17.9 Å². The molecule has 0 spiro atoms. The number of carboxylic acids is 1. The van der Waals surface area contributed by atoms with Gasteiger partial charge in [-0.3, -0.25) is 14.4 Å². The number of carbonyl (C=O) groups excluding carboxylic acids is 2. The minimum absolute atomic E-state index is 0.00708.